The average molecular weight is 301 g/mol. The van der Waals surface area contributed by atoms with E-state index in [1.807, 2.05) is 24.3 Å². The first kappa shape index (κ1) is 14.7. The maximum Gasteiger partial charge on any atom is 0.326 e. The highest BCUT2D eigenvalue weighted by atomic mass is 16.1. The van der Waals surface area contributed by atoms with Crippen LogP contribution in [0.3, 0.4) is 0 Å². The van der Waals surface area contributed by atoms with Crippen LogP contribution in [-0.4, -0.2) is 40.0 Å². The second-order valence-electron chi connectivity index (χ2n) is 5.74. The summed E-state index contributed by atoms with van der Waals surface area (Å²) in [6.07, 6.45) is 4.90. The Morgan fingerprint density at radius 1 is 1.18 bits per heavy atom. The molecule has 1 aliphatic heterocycles. The summed E-state index contributed by atoms with van der Waals surface area (Å²) in [6.45, 7) is 3.03. The van der Waals surface area contributed by atoms with Crippen molar-refractivity contribution in [1.29, 1.82) is 0 Å². The largest absolute Gasteiger partial charge is 0.370 e. The summed E-state index contributed by atoms with van der Waals surface area (Å²) < 4.78 is 1.72. The number of guanidine groups is 1. The highest BCUT2D eigenvalue weighted by Crippen LogP contribution is 2.10. The number of aliphatic imine (C=N–C) groups is 1. The van der Waals surface area contributed by atoms with Crippen LogP contribution in [0.5, 0.6) is 0 Å². The summed E-state index contributed by atoms with van der Waals surface area (Å²) in [5.41, 5.74) is 7.77. The summed E-state index contributed by atoms with van der Waals surface area (Å²) in [6, 6.07) is 7.69. The third-order valence-electron chi connectivity index (χ3n) is 4.21. The third-order valence-corrected chi connectivity index (χ3v) is 4.21. The van der Waals surface area contributed by atoms with Crippen molar-refractivity contribution in [2.75, 3.05) is 19.6 Å². The third kappa shape index (κ3) is 3.16. The minimum Gasteiger partial charge on any atom is -0.370 e. The van der Waals surface area contributed by atoms with Gasteiger partial charge in [0.1, 0.15) is 0 Å². The number of aromatic amines is 1. The fraction of sp³-hybridized carbons (Fsp3) is 0.500. The molecule has 6 nitrogen and oxygen atoms in total. The number of fused-ring (bicyclic) bond motifs is 1. The lowest BCUT2D eigenvalue weighted by Gasteiger charge is -2.21. The molecule has 0 bridgehead atoms. The second kappa shape index (κ2) is 6.68. The lowest BCUT2D eigenvalue weighted by molar-refractivity contribution is 0.428. The number of benzene rings is 1. The molecule has 1 aliphatic rings. The van der Waals surface area contributed by atoms with Gasteiger partial charge in [-0.2, -0.15) is 0 Å². The summed E-state index contributed by atoms with van der Waals surface area (Å²) in [5, 5.41) is 0. The van der Waals surface area contributed by atoms with Gasteiger partial charge in [0.2, 0.25) is 0 Å². The van der Waals surface area contributed by atoms with E-state index in [1.165, 1.54) is 25.7 Å². The molecule has 2 aromatic rings. The summed E-state index contributed by atoms with van der Waals surface area (Å²) in [4.78, 5) is 21.4. The summed E-state index contributed by atoms with van der Waals surface area (Å²) in [5.74, 6) is 0.606. The Morgan fingerprint density at radius 2 is 1.91 bits per heavy atom. The van der Waals surface area contributed by atoms with Gasteiger partial charge in [0.25, 0.3) is 0 Å². The van der Waals surface area contributed by atoms with Crippen molar-refractivity contribution in [2.24, 2.45) is 10.7 Å². The smallest absolute Gasteiger partial charge is 0.326 e. The van der Waals surface area contributed by atoms with Crippen LogP contribution in [0.2, 0.25) is 0 Å². The molecule has 1 saturated heterocycles. The Kier molecular flexibility index (Phi) is 4.46. The first-order chi connectivity index (χ1) is 10.8. The molecule has 0 spiro atoms. The van der Waals surface area contributed by atoms with Gasteiger partial charge in [-0.1, -0.05) is 25.0 Å². The average Bonchev–Trinajstić information content (AvgIpc) is 2.71. The number of nitrogens with zero attached hydrogens (tertiary/aromatic N) is 3. The molecule has 1 aromatic heterocycles. The van der Waals surface area contributed by atoms with Crippen LogP contribution >= 0.6 is 0 Å². The molecular weight excluding hydrogens is 278 g/mol. The minimum atomic E-state index is -0.0928. The Morgan fingerprint density at radius 3 is 2.68 bits per heavy atom. The van der Waals surface area contributed by atoms with Gasteiger partial charge in [-0.15, -0.1) is 0 Å². The van der Waals surface area contributed by atoms with Gasteiger partial charge in [-0.3, -0.25) is 9.56 Å². The van der Waals surface area contributed by atoms with Crippen LogP contribution in [0.15, 0.2) is 34.1 Å². The van der Waals surface area contributed by atoms with E-state index < -0.39 is 0 Å². The molecule has 3 rings (SSSR count). The highest BCUT2D eigenvalue weighted by molar-refractivity contribution is 5.78. The van der Waals surface area contributed by atoms with Gasteiger partial charge in [-0.05, 0) is 25.0 Å². The van der Waals surface area contributed by atoms with Crippen molar-refractivity contribution in [2.45, 2.75) is 32.2 Å². The van der Waals surface area contributed by atoms with Gasteiger partial charge in [-0.25, -0.2) is 4.79 Å². The van der Waals surface area contributed by atoms with Gasteiger partial charge in [0.15, 0.2) is 5.96 Å². The zero-order valence-corrected chi connectivity index (χ0v) is 12.8. The van der Waals surface area contributed by atoms with Crippen molar-refractivity contribution >= 4 is 17.0 Å². The first-order valence-electron chi connectivity index (χ1n) is 7.98. The highest BCUT2D eigenvalue weighted by Gasteiger charge is 2.11. The number of hydrogen-bond donors (Lipinski definition) is 2. The van der Waals surface area contributed by atoms with E-state index in [2.05, 4.69) is 14.9 Å². The number of nitrogens with one attached hydrogen (secondary N) is 1. The van der Waals surface area contributed by atoms with E-state index in [-0.39, 0.29) is 5.69 Å². The van der Waals surface area contributed by atoms with E-state index in [4.69, 9.17) is 5.73 Å². The molecule has 22 heavy (non-hydrogen) atoms. The predicted octanol–water partition coefficient (Wildman–Crippen LogP) is 1.52. The molecule has 0 aliphatic carbocycles. The summed E-state index contributed by atoms with van der Waals surface area (Å²) in [7, 11) is 0. The number of para-hydroxylation sites is 2. The van der Waals surface area contributed by atoms with E-state index in [1.54, 1.807) is 4.57 Å². The van der Waals surface area contributed by atoms with Crippen molar-refractivity contribution in [1.82, 2.24) is 14.5 Å². The molecule has 0 amide bonds. The van der Waals surface area contributed by atoms with Crippen LogP contribution < -0.4 is 11.4 Å². The van der Waals surface area contributed by atoms with E-state index in [9.17, 15) is 4.79 Å². The molecule has 0 radical (unpaired) electrons. The van der Waals surface area contributed by atoms with Crippen LogP contribution in [-0.2, 0) is 6.54 Å². The molecule has 1 aromatic carbocycles. The number of H-pyrrole nitrogens is 1. The van der Waals surface area contributed by atoms with E-state index >= 15 is 0 Å². The Hall–Kier alpha value is -2.24. The second-order valence-corrected chi connectivity index (χ2v) is 5.74. The quantitative estimate of drug-likeness (QED) is 0.666. The Labute approximate surface area is 129 Å². The molecule has 0 atom stereocenters. The molecule has 0 unspecified atom stereocenters. The molecule has 1 fully saturated rings. The summed E-state index contributed by atoms with van der Waals surface area (Å²) >= 11 is 0. The number of hydrogen-bond acceptors (Lipinski definition) is 2. The zero-order valence-electron chi connectivity index (χ0n) is 12.8. The fourth-order valence-corrected chi connectivity index (χ4v) is 2.99. The van der Waals surface area contributed by atoms with Crippen molar-refractivity contribution in [3.8, 4) is 0 Å². The number of likely N-dealkylation sites (tertiary alicyclic amines) is 1. The van der Waals surface area contributed by atoms with Crippen LogP contribution in [0.1, 0.15) is 25.7 Å². The normalized spacial score (nSPS) is 16.9. The molecule has 3 N–H and O–H groups in total. The molecule has 2 heterocycles. The minimum absolute atomic E-state index is 0.0928. The molecular formula is C16H23N5O. The van der Waals surface area contributed by atoms with Crippen LogP contribution in [0.4, 0.5) is 0 Å². The predicted molar refractivity (Wildman–Crippen MR) is 89.1 cm³/mol. The number of rotatable bonds is 3. The van der Waals surface area contributed by atoms with Crippen molar-refractivity contribution in [3.63, 3.8) is 0 Å². The van der Waals surface area contributed by atoms with Gasteiger partial charge in [0.05, 0.1) is 17.6 Å². The molecule has 118 valence electrons. The lowest BCUT2D eigenvalue weighted by Crippen LogP contribution is -2.38. The van der Waals surface area contributed by atoms with E-state index in [0.717, 1.165) is 24.1 Å². The Balaban J connectivity index is 1.67. The van der Waals surface area contributed by atoms with Gasteiger partial charge < -0.3 is 15.6 Å². The number of nitrogens with two attached hydrogens (primary N) is 1. The Bertz CT molecular complexity index is 707. The van der Waals surface area contributed by atoms with Crippen molar-refractivity contribution < 1.29 is 0 Å². The maximum absolute atomic E-state index is 12.0. The van der Waals surface area contributed by atoms with Gasteiger partial charge in [0, 0.05) is 19.6 Å². The van der Waals surface area contributed by atoms with Crippen LogP contribution in [0, 0.1) is 0 Å². The van der Waals surface area contributed by atoms with Gasteiger partial charge >= 0.3 is 5.69 Å². The first-order valence-corrected chi connectivity index (χ1v) is 7.98. The maximum atomic E-state index is 12.0. The SMILES string of the molecule is NC(=NCCn1c(=O)[nH]c2ccccc21)N1CCCCCC1. The fourth-order valence-electron chi connectivity index (χ4n) is 2.99. The van der Waals surface area contributed by atoms with Crippen LogP contribution in [0.25, 0.3) is 11.0 Å². The van der Waals surface area contributed by atoms with E-state index in [0.29, 0.717) is 19.0 Å². The molecule has 6 heteroatoms. The van der Waals surface area contributed by atoms with Crippen molar-refractivity contribution in [3.05, 3.63) is 34.7 Å². The standard InChI is InChI=1S/C16H23N5O/c17-15(20-10-5-1-2-6-11-20)18-9-12-21-14-8-4-3-7-13(14)19-16(21)22/h3-4,7-8H,1-2,5-6,9-12H2,(H2,17,18)(H,19,22). The lowest BCUT2D eigenvalue weighted by atomic mass is 10.2. The topological polar surface area (TPSA) is 79.4 Å². The zero-order chi connectivity index (χ0) is 15.4. The molecule has 0 saturated carbocycles. The number of aromatic nitrogens is 2. The number of imidazole rings is 1. The monoisotopic (exact) mass is 301 g/mol.